The average Bonchev–Trinajstić information content (AvgIpc) is 3.07. The van der Waals surface area contributed by atoms with Crippen molar-refractivity contribution in [3.8, 4) is 0 Å². The van der Waals surface area contributed by atoms with Crippen LogP contribution in [0.3, 0.4) is 0 Å². The Morgan fingerprint density at radius 3 is 2.37 bits per heavy atom. The van der Waals surface area contributed by atoms with Gasteiger partial charge < -0.3 is 9.80 Å². The van der Waals surface area contributed by atoms with Crippen LogP contribution in [-0.2, 0) is 13.0 Å². The van der Waals surface area contributed by atoms with Crippen LogP contribution in [-0.4, -0.2) is 33.9 Å². The molecular weight excluding hydrogens is 578 g/mol. The van der Waals surface area contributed by atoms with Crippen molar-refractivity contribution in [2.75, 3.05) is 18.0 Å². The van der Waals surface area contributed by atoms with Gasteiger partial charge in [0.05, 0.1) is 11.8 Å². The Hall–Kier alpha value is -4.65. The van der Waals surface area contributed by atoms with Gasteiger partial charge in [-0.15, -0.1) is 0 Å². The van der Waals surface area contributed by atoms with Crippen molar-refractivity contribution in [1.29, 1.82) is 0 Å². The van der Waals surface area contributed by atoms with Gasteiger partial charge in [0.15, 0.2) is 0 Å². The minimum Gasteiger partial charge on any atom is -0.341 e. The number of nitrogens with zero attached hydrogens (tertiary/aromatic N) is 4. The molecule has 0 atom stereocenters. The van der Waals surface area contributed by atoms with Crippen LogP contribution in [0.25, 0.3) is 6.08 Å². The Labute approximate surface area is 272 Å². The molecule has 7 heteroatoms. The third kappa shape index (κ3) is 8.96. The molecule has 1 amide bonds. The van der Waals surface area contributed by atoms with E-state index in [4.69, 9.17) is 0 Å². The Kier molecular flexibility index (Phi) is 12.4. The van der Waals surface area contributed by atoms with Crippen molar-refractivity contribution in [1.82, 2.24) is 14.9 Å². The number of rotatable bonds is 9. The van der Waals surface area contributed by atoms with Gasteiger partial charge >= 0.3 is 0 Å². The molecule has 2 aromatic carbocycles. The third-order valence-electron chi connectivity index (χ3n) is 8.35. The first-order valence-corrected chi connectivity index (χ1v) is 16.0. The predicted molar refractivity (Wildman–Crippen MR) is 183 cm³/mol. The smallest absolute Gasteiger partial charge is 0.254 e. The number of aromatic nitrogens is 2. The van der Waals surface area contributed by atoms with E-state index >= 15 is 0 Å². The van der Waals surface area contributed by atoms with Crippen molar-refractivity contribution in [3.05, 3.63) is 143 Å². The SMILES string of the molecule is C=C(C1CCN(C(=O)c2ccnc(C)c2/C=C\CC)CC1)N(Cc1cccc(F)c1)c1ccccc1C.CCc1cncc(F)c1. The summed E-state index contributed by atoms with van der Waals surface area (Å²) in [5.74, 6) is -0.204. The lowest BCUT2D eigenvalue weighted by molar-refractivity contribution is 0.0701. The fourth-order valence-corrected chi connectivity index (χ4v) is 5.69. The van der Waals surface area contributed by atoms with Gasteiger partial charge in [-0.2, -0.15) is 0 Å². The summed E-state index contributed by atoms with van der Waals surface area (Å²) in [4.78, 5) is 25.7. The summed E-state index contributed by atoms with van der Waals surface area (Å²) >= 11 is 0. The minimum atomic E-state index is -0.255. The molecule has 5 rings (SSSR count). The first-order valence-electron chi connectivity index (χ1n) is 16.0. The van der Waals surface area contributed by atoms with Crippen molar-refractivity contribution in [3.63, 3.8) is 0 Å². The molecular formula is C39H44F2N4O. The fourth-order valence-electron chi connectivity index (χ4n) is 5.69. The van der Waals surface area contributed by atoms with Gasteiger partial charge in [-0.25, -0.2) is 8.78 Å². The van der Waals surface area contributed by atoms with Crippen molar-refractivity contribution >= 4 is 17.7 Å². The second-order valence-corrected chi connectivity index (χ2v) is 11.6. The molecule has 0 radical (unpaired) electrons. The van der Waals surface area contributed by atoms with Crippen LogP contribution in [0.15, 0.2) is 97.6 Å². The van der Waals surface area contributed by atoms with Gasteiger partial charge in [-0.1, -0.05) is 62.9 Å². The molecule has 0 aliphatic carbocycles. The molecule has 0 N–H and O–H groups in total. The van der Waals surface area contributed by atoms with Crippen LogP contribution in [0.4, 0.5) is 14.5 Å². The summed E-state index contributed by atoms with van der Waals surface area (Å²) in [6.07, 6.45) is 12.1. The molecule has 0 saturated carbocycles. The molecule has 0 bridgehead atoms. The third-order valence-corrected chi connectivity index (χ3v) is 8.35. The van der Waals surface area contributed by atoms with Crippen LogP contribution in [0.2, 0.25) is 0 Å². The van der Waals surface area contributed by atoms with E-state index in [1.165, 1.54) is 18.3 Å². The largest absolute Gasteiger partial charge is 0.341 e. The van der Waals surface area contributed by atoms with E-state index in [0.29, 0.717) is 25.2 Å². The van der Waals surface area contributed by atoms with E-state index in [1.807, 2.05) is 49.1 Å². The number of piperidine rings is 1. The van der Waals surface area contributed by atoms with E-state index in [0.717, 1.165) is 65.0 Å². The maximum atomic E-state index is 13.9. The zero-order chi connectivity index (χ0) is 33.1. The number of hydrogen-bond acceptors (Lipinski definition) is 4. The minimum absolute atomic E-state index is 0.0563. The summed E-state index contributed by atoms with van der Waals surface area (Å²) in [5, 5.41) is 0. The molecule has 1 aliphatic rings. The molecule has 0 unspecified atom stereocenters. The van der Waals surface area contributed by atoms with E-state index < -0.39 is 0 Å². The molecule has 0 spiro atoms. The highest BCUT2D eigenvalue weighted by molar-refractivity contribution is 5.98. The number of para-hydroxylation sites is 1. The van der Waals surface area contributed by atoms with Gasteiger partial charge in [0.2, 0.25) is 0 Å². The summed E-state index contributed by atoms with van der Waals surface area (Å²) in [7, 11) is 0. The average molecular weight is 623 g/mol. The van der Waals surface area contributed by atoms with E-state index in [-0.39, 0.29) is 23.5 Å². The highest BCUT2D eigenvalue weighted by atomic mass is 19.1. The van der Waals surface area contributed by atoms with Gasteiger partial charge in [-0.3, -0.25) is 14.8 Å². The second-order valence-electron chi connectivity index (χ2n) is 11.6. The first-order chi connectivity index (χ1) is 22.2. The molecule has 1 aliphatic heterocycles. The molecule has 4 aromatic rings. The van der Waals surface area contributed by atoms with Crippen molar-refractivity contribution in [2.24, 2.45) is 5.92 Å². The van der Waals surface area contributed by atoms with Crippen LogP contribution in [0, 0.1) is 31.4 Å². The van der Waals surface area contributed by atoms with E-state index in [9.17, 15) is 13.6 Å². The van der Waals surface area contributed by atoms with Gasteiger partial charge in [0.1, 0.15) is 11.6 Å². The second kappa shape index (κ2) is 16.6. The van der Waals surface area contributed by atoms with E-state index in [2.05, 4.69) is 53.5 Å². The highest BCUT2D eigenvalue weighted by Gasteiger charge is 2.29. The normalized spacial score (nSPS) is 13.3. The summed E-state index contributed by atoms with van der Waals surface area (Å²) in [6.45, 7) is 14.5. The maximum absolute atomic E-state index is 13.9. The first kappa shape index (κ1) is 34.2. The molecule has 5 nitrogen and oxygen atoms in total. The lowest BCUT2D eigenvalue weighted by atomic mass is 9.91. The number of halogens is 2. The Morgan fingerprint density at radius 2 is 1.72 bits per heavy atom. The number of pyridine rings is 2. The zero-order valence-electron chi connectivity index (χ0n) is 27.3. The highest BCUT2D eigenvalue weighted by Crippen LogP contribution is 2.33. The lowest BCUT2D eigenvalue weighted by Crippen LogP contribution is -2.41. The molecule has 3 heterocycles. The number of likely N-dealkylation sites (tertiary alicyclic amines) is 1. The maximum Gasteiger partial charge on any atom is 0.254 e. The number of amides is 1. The standard InChI is InChI=1S/C32H36FN3O.C7H8FN/c1-5-6-13-29-24(3)34-18-15-30(29)32(37)35-19-16-27(17-20-35)25(4)36(31-14-8-7-10-23(31)2)22-26-11-9-12-28(33)21-26;1-2-6-3-7(8)5-9-4-6/h6-15,18,21,27H,4-5,16-17,19-20,22H2,1-3H3;3-5H,2H2,1H3/b13-6-;. The molecule has 1 fully saturated rings. The number of carbonyl (C=O) groups is 1. The molecule has 46 heavy (non-hydrogen) atoms. The van der Waals surface area contributed by atoms with Gasteiger partial charge in [0, 0.05) is 60.6 Å². The monoisotopic (exact) mass is 622 g/mol. The lowest BCUT2D eigenvalue weighted by Gasteiger charge is -2.38. The zero-order valence-corrected chi connectivity index (χ0v) is 27.3. The number of carbonyl (C=O) groups excluding carboxylic acids is 1. The van der Waals surface area contributed by atoms with Gasteiger partial charge in [-0.05, 0) is 86.6 Å². The summed E-state index contributed by atoms with van der Waals surface area (Å²) in [5.41, 5.74) is 7.56. The predicted octanol–water partition coefficient (Wildman–Crippen LogP) is 9.12. The Balaban J connectivity index is 0.000000459. The molecule has 2 aromatic heterocycles. The topological polar surface area (TPSA) is 49.3 Å². The van der Waals surface area contributed by atoms with Crippen LogP contribution in [0.1, 0.15) is 71.4 Å². The Bertz CT molecular complexity index is 1660. The number of anilines is 1. The molecule has 1 saturated heterocycles. The van der Waals surface area contributed by atoms with E-state index in [1.54, 1.807) is 24.5 Å². The fraction of sp³-hybridized carbons (Fsp3) is 0.308. The van der Waals surface area contributed by atoms with Crippen LogP contribution < -0.4 is 4.90 Å². The van der Waals surface area contributed by atoms with Crippen molar-refractivity contribution < 1.29 is 13.6 Å². The summed E-state index contributed by atoms with van der Waals surface area (Å²) in [6, 6.07) is 18.3. The van der Waals surface area contributed by atoms with Crippen LogP contribution >= 0.6 is 0 Å². The number of allylic oxidation sites excluding steroid dienone is 2. The number of hydrogen-bond donors (Lipinski definition) is 0. The Morgan fingerprint density at radius 1 is 0.978 bits per heavy atom. The summed E-state index contributed by atoms with van der Waals surface area (Å²) < 4.78 is 26.2. The number of aryl methyl sites for hydroxylation is 3. The number of benzene rings is 2. The van der Waals surface area contributed by atoms with Gasteiger partial charge in [0.25, 0.3) is 5.91 Å². The van der Waals surface area contributed by atoms with Crippen molar-refractivity contribution in [2.45, 2.75) is 59.9 Å². The quantitative estimate of drug-likeness (QED) is 0.187. The van der Waals surface area contributed by atoms with Crippen LogP contribution in [0.5, 0.6) is 0 Å². The molecule has 240 valence electrons.